The molecule has 1 aliphatic rings. The van der Waals surface area contributed by atoms with Crippen LogP contribution in [0.5, 0.6) is 11.5 Å². The van der Waals surface area contributed by atoms with Crippen LogP contribution in [-0.2, 0) is 0 Å². The number of ether oxygens (including phenoxy) is 1. The Kier molecular flexibility index (Phi) is 6.65. The number of piperidine rings is 1. The van der Waals surface area contributed by atoms with Crippen LogP contribution in [0.25, 0.3) is 0 Å². The zero-order chi connectivity index (χ0) is 20.8. The maximum Gasteiger partial charge on any atom is 0.254 e. The third-order valence-corrected chi connectivity index (χ3v) is 5.43. The lowest BCUT2D eigenvalue weighted by Crippen LogP contribution is -2.44. The Morgan fingerprint density at radius 2 is 1.90 bits per heavy atom. The Morgan fingerprint density at radius 3 is 2.66 bits per heavy atom. The van der Waals surface area contributed by atoms with E-state index in [1.165, 1.54) is 6.07 Å². The van der Waals surface area contributed by atoms with Crippen LogP contribution in [0.2, 0.25) is 0 Å². The average molecular weight is 395 g/mol. The molecule has 0 saturated carbocycles. The molecule has 1 fully saturated rings. The molecule has 0 radical (unpaired) electrons. The first kappa shape index (κ1) is 20.6. The van der Waals surface area contributed by atoms with E-state index >= 15 is 0 Å². The Labute approximate surface area is 170 Å². The summed E-state index contributed by atoms with van der Waals surface area (Å²) in [6.07, 6.45) is 4.72. The molecule has 0 bridgehead atoms. The van der Waals surface area contributed by atoms with Crippen molar-refractivity contribution in [3.63, 3.8) is 0 Å². The summed E-state index contributed by atoms with van der Waals surface area (Å²) in [4.78, 5) is 37.7. The summed E-state index contributed by atoms with van der Waals surface area (Å²) in [7, 11) is 0. The van der Waals surface area contributed by atoms with Gasteiger partial charge < -0.3 is 14.7 Å². The Morgan fingerprint density at radius 1 is 1.14 bits per heavy atom. The number of aromatic hydroxyl groups is 1. The zero-order valence-corrected chi connectivity index (χ0v) is 16.5. The van der Waals surface area contributed by atoms with E-state index < -0.39 is 0 Å². The normalized spacial score (nSPS) is 16.3. The topological polar surface area (TPSA) is 83.9 Å². The first-order valence-electron chi connectivity index (χ1n) is 9.82. The highest BCUT2D eigenvalue weighted by Crippen LogP contribution is 2.27. The van der Waals surface area contributed by atoms with Crippen molar-refractivity contribution in [2.75, 3.05) is 13.2 Å². The molecule has 6 nitrogen and oxygen atoms in total. The predicted molar refractivity (Wildman–Crippen MR) is 109 cm³/mol. The van der Waals surface area contributed by atoms with Crippen LogP contribution in [0.4, 0.5) is 0 Å². The summed E-state index contributed by atoms with van der Waals surface area (Å²) < 4.78 is 5.72. The van der Waals surface area contributed by atoms with Gasteiger partial charge in [-0.1, -0.05) is 18.2 Å². The molecule has 1 saturated heterocycles. The first-order valence-corrected chi connectivity index (χ1v) is 9.82. The Balaban J connectivity index is 1.71. The molecule has 1 atom stereocenters. The molecule has 0 aromatic heterocycles. The van der Waals surface area contributed by atoms with Crippen molar-refractivity contribution in [2.45, 2.75) is 38.6 Å². The molecule has 3 rings (SSSR count). The van der Waals surface area contributed by atoms with Gasteiger partial charge in [-0.2, -0.15) is 0 Å². The molecule has 152 valence electrons. The van der Waals surface area contributed by atoms with Crippen LogP contribution < -0.4 is 4.74 Å². The SMILES string of the molecule is Cc1cccc(C(=O)N2CCCC[C@H]2CCOc2cccc(O)c2C=O)c1C=O. The second-order valence-electron chi connectivity index (χ2n) is 7.25. The number of carbonyl (C=O) groups is 3. The minimum Gasteiger partial charge on any atom is -0.507 e. The van der Waals surface area contributed by atoms with E-state index in [1.807, 2.05) is 17.9 Å². The number of carbonyl (C=O) groups excluding carboxylic acids is 3. The van der Waals surface area contributed by atoms with E-state index in [0.29, 0.717) is 42.7 Å². The van der Waals surface area contributed by atoms with Gasteiger partial charge in [0.2, 0.25) is 0 Å². The fourth-order valence-corrected chi connectivity index (χ4v) is 3.83. The quantitative estimate of drug-likeness (QED) is 0.721. The van der Waals surface area contributed by atoms with E-state index in [-0.39, 0.29) is 23.3 Å². The summed E-state index contributed by atoms with van der Waals surface area (Å²) in [6.45, 7) is 2.77. The molecule has 6 heteroatoms. The number of aldehydes is 2. The van der Waals surface area contributed by atoms with Crippen LogP contribution in [0.3, 0.4) is 0 Å². The zero-order valence-electron chi connectivity index (χ0n) is 16.5. The Hall–Kier alpha value is -3.15. The lowest BCUT2D eigenvalue weighted by Gasteiger charge is -2.36. The van der Waals surface area contributed by atoms with Gasteiger partial charge in [-0.15, -0.1) is 0 Å². The summed E-state index contributed by atoms with van der Waals surface area (Å²) in [5.41, 5.74) is 1.78. The van der Waals surface area contributed by atoms with Gasteiger partial charge in [-0.3, -0.25) is 14.4 Å². The van der Waals surface area contributed by atoms with Crippen molar-refractivity contribution in [3.05, 3.63) is 58.7 Å². The molecule has 0 spiro atoms. The van der Waals surface area contributed by atoms with Gasteiger partial charge in [0.05, 0.1) is 17.7 Å². The molecular formula is C23H25NO5. The fourth-order valence-electron chi connectivity index (χ4n) is 3.83. The van der Waals surface area contributed by atoms with Gasteiger partial charge >= 0.3 is 0 Å². The number of nitrogens with zero attached hydrogens (tertiary/aromatic N) is 1. The maximum absolute atomic E-state index is 13.2. The van der Waals surface area contributed by atoms with E-state index in [9.17, 15) is 19.5 Å². The van der Waals surface area contributed by atoms with E-state index in [4.69, 9.17) is 4.74 Å². The van der Waals surface area contributed by atoms with Crippen molar-refractivity contribution in [2.24, 2.45) is 0 Å². The molecule has 0 unspecified atom stereocenters. The lowest BCUT2D eigenvalue weighted by atomic mass is 9.96. The third kappa shape index (κ3) is 4.47. The van der Waals surface area contributed by atoms with Crippen molar-refractivity contribution in [1.29, 1.82) is 0 Å². The lowest BCUT2D eigenvalue weighted by molar-refractivity contribution is 0.0578. The largest absolute Gasteiger partial charge is 0.507 e. The van der Waals surface area contributed by atoms with Crippen molar-refractivity contribution >= 4 is 18.5 Å². The van der Waals surface area contributed by atoms with Gasteiger partial charge in [0.25, 0.3) is 5.91 Å². The summed E-state index contributed by atoms with van der Waals surface area (Å²) in [5.74, 6) is 0.0786. The summed E-state index contributed by atoms with van der Waals surface area (Å²) in [6, 6.07) is 9.99. The van der Waals surface area contributed by atoms with Crippen LogP contribution in [0.1, 0.15) is 62.3 Å². The Bertz CT molecular complexity index is 908. The smallest absolute Gasteiger partial charge is 0.254 e. The molecular weight excluding hydrogens is 370 g/mol. The molecule has 2 aromatic rings. The van der Waals surface area contributed by atoms with E-state index in [1.54, 1.807) is 24.3 Å². The summed E-state index contributed by atoms with van der Waals surface area (Å²) in [5, 5.41) is 9.76. The number of amides is 1. The molecule has 2 aromatic carbocycles. The summed E-state index contributed by atoms with van der Waals surface area (Å²) >= 11 is 0. The second-order valence-corrected chi connectivity index (χ2v) is 7.25. The maximum atomic E-state index is 13.2. The van der Waals surface area contributed by atoms with Crippen LogP contribution in [0, 0.1) is 6.92 Å². The second kappa shape index (κ2) is 9.37. The predicted octanol–water partition coefficient (Wildman–Crippen LogP) is 3.79. The minimum absolute atomic E-state index is 0.00625. The van der Waals surface area contributed by atoms with Gasteiger partial charge in [0, 0.05) is 24.6 Å². The molecule has 1 N–H and O–H groups in total. The average Bonchev–Trinajstić information content (AvgIpc) is 2.73. The van der Waals surface area contributed by atoms with Gasteiger partial charge in [0.1, 0.15) is 11.5 Å². The molecule has 1 aliphatic heterocycles. The number of hydrogen-bond acceptors (Lipinski definition) is 5. The number of aryl methyl sites for hydroxylation is 1. The van der Waals surface area contributed by atoms with Gasteiger partial charge in [-0.25, -0.2) is 0 Å². The van der Waals surface area contributed by atoms with E-state index in [2.05, 4.69) is 0 Å². The first-order chi connectivity index (χ1) is 14.1. The molecule has 1 amide bonds. The van der Waals surface area contributed by atoms with Crippen molar-refractivity contribution in [3.8, 4) is 11.5 Å². The van der Waals surface area contributed by atoms with Crippen molar-refractivity contribution in [1.82, 2.24) is 4.90 Å². The fraction of sp³-hybridized carbons (Fsp3) is 0.348. The highest BCUT2D eigenvalue weighted by atomic mass is 16.5. The van der Waals surface area contributed by atoms with Crippen LogP contribution in [-0.4, -0.2) is 47.7 Å². The number of rotatable bonds is 7. The number of likely N-dealkylation sites (tertiary alicyclic amines) is 1. The number of hydrogen-bond donors (Lipinski definition) is 1. The monoisotopic (exact) mass is 395 g/mol. The van der Waals surface area contributed by atoms with E-state index in [0.717, 1.165) is 31.1 Å². The van der Waals surface area contributed by atoms with Gasteiger partial charge in [-0.05, 0) is 49.9 Å². The standard InChI is InChI=1S/C23H25NO5/c1-16-6-4-8-18(19(16)14-25)23(28)24-12-3-2-7-17(24)11-13-29-22-10-5-9-21(27)20(22)15-26/h4-6,8-10,14-15,17,27H,2-3,7,11-13H2,1H3/t17-/m0/s1. The van der Waals surface area contributed by atoms with Gasteiger partial charge in [0.15, 0.2) is 12.6 Å². The molecule has 1 heterocycles. The number of benzene rings is 2. The minimum atomic E-state index is -0.133. The highest BCUT2D eigenvalue weighted by molar-refractivity contribution is 6.02. The highest BCUT2D eigenvalue weighted by Gasteiger charge is 2.29. The van der Waals surface area contributed by atoms with Crippen molar-refractivity contribution < 1.29 is 24.2 Å². The molecule has 0 aliphatic carbocycles. The van der Waals surface area contributed by atoms with Crippen LogP contribution in [0.15, 0.2) is 36.4 Å². The number of phenols is 1. The molecule has 29 heavy (non-hydrogen) atoms. The van der Waals surface area contributed by atoms with Crippen LogP contribution >= 0.6 is 0 Å². The number of phenolic OH excluding ortho intramolecular Hbond substituents is 1. The third-order valence-electron chi connectivity index (χ3n) is 5.43.